The van der Waals surface area contributed by atoms with Crippen LogP contribution in [0.1, 0.15) is 15.2 Å². The van der Waals surface area contributed by atoms with Gasteiger partial charge < -0.3 is 5.32 Å². The fraction of sp³-hybridized carbons (Fsp3) is 0.0833. The number of thiophene rings is 1. The molecule has 0 aliphatic heterocycles. The highest BCUT2D eigenvalue weighted by Crippen LogP contribution is 2.24. The summed E-state index contributed by atoms with van der Waals surface area (Å²) < 4.78 is 22.8. The van der Waals surface area contributed by atoms with Crippen LogP contribution in [0.2, 0.25) is 0 Å². The lowest BCUT2D eigenvalue weighted by molar-refractivity contribution is 0.103. The number of carbonyl (C=O) groups is 1. The van der Waals surface area contributed by atoms with E-state index in [9.17, 15) is 13.2 Å². The molecule has 0 aliphatic carbocycles. The highest BCUT2D eigenvalue weighted by atomic mass is 79.9. The molecule has 1 heterocycles. The predicted octanol–water partition coefficient (Wildman–Crippen LogP) is 2.55. The lowest BCUT2D eigenvalue weighted by atomic mass is 10.2. The van der Waals surface area contributed by atoms with E-state index in [0.29, 0.717) is 16.1 Å². The van der Waals surface area contributed by atoms with Crippen molar-refractivity contribution >= 4 is 48.9 Å². The molecule has 0 spiro atoms. The molecule has 8 heteroatoms. The van der Waals surface area contributed by atoms with E-state index in [1.807, 2.05) is 0 Å². The van der Waals surface area contributed by atoms with Crippen LogP contribution in [0.15, 0.2) is 40.2 Å². The zero-order valence-corrected chi connectivity index (χ0v) is 13.4. The molecule has 0 saturated heterocycles. The van der Waals surface area contributed by atoms with Gasteiger partial charge in [0.25, 0.3) is 5.91 Å². The van der Waals surface area contributed by atoms with Crippen LogP contribution in [0, 0.1) is 0 Å². The number of benzene rings is 1. The van der Waals surface area contributed by atoms with Crippen molar-refractivity contribution in [1.29, 1.82) is 0 Å². The summed E-state index contributed by atoms with van der Waals surface area (Å²) in [5.41, 5.74) is 1.05. The first-order valence-corrected chi connectivity index (χ1v) is 8.88. The maximum Gasteiger partial charge on any atom is 0.266 e. The first-order chi connectivity index (χ1) is 9.35. The topological polar surface area (TPSA) is 89.3 Å². The Balaban J connectivity index is 2.16. The second kappa shape index (κ2) is 6.04. The number of rotatable bonds is 4. The Bertz CT molecular complexity index is 741. The Kier molecular flexibility index (Phi) is 4.59. The maximum atomic E-state index is 12.0. The van der Waals surface area contributed by atoms with Gasteiger partial charge in [0.2, 0.25) is 10.0 Å². The third-order valence-electron chi connectivity index (χ3n) is 2.38. The van der Waals surface area contributed by atoms with Gasteiger partial charge in [0.15, 0.2) is 0 Å². The van der Waals surface area contributed by atoms with Crippen LogP contribution in [0.3, 0.4) is 0 Å². The van der Waals surface area contributed by atoms with Crippen LogP contribution >= 0.6 is 27.3 Å². The Morgan fingerprint density at radius 3 is 2.70 bits per heavy atom. The number of nitrogens with two attached hydrogens (primary N) is 1. The number of hydrogen-bond donors (Lipinski definition) is 2. The molecule has 0 aliphatic rings. The summed E-state index contributed by atoms with van der Waals surface area (Å²) in [6.07, 6.45) is 0. The molecular weight excluding hydrogens is 364 g/mol. The fourth-order valence-corrected chi connectivity index (χ4v) is 3.71. The van der Waals surface area contributed by atoms with Gasteiger partial charge >= 0.3 is 0 Å². The predicted molar refractivity (Wildman–Crippen MR) is 83.2 cm³/mol. The normalized spacial score (nSPS) is 11.3. The van der Waals surface area contributed by atoms with Crippen LogP contribution in [0.4, 0.5) is 5.69 Å². The monoisotopic (exact) mass is 374 g/mol. The smallest absolute Gasteiger partial charge is 0.266 e. The molecule has 0 bridgehead atoms. The highest BCUT2D eigenvalue weighted by molar-refractivity contribution is 9.10. The minimum absolute atomic E-state index is 0.250. The lowest BCUT2D eigenvalue weighted by Crippen LogP contribution is -2.15. The SMILES string of the molecule is NS(=O)(=O)Cc1cccc(NC(=O)c2sccc2Br)c1. The van der Waals surface area contributed by atoms with Gasteiger partial charge in [-0.2, -0.15) is 0 Å². The standard InChI is InChI=1S/C12H11BrN2O3S2/c13-10-4-5-19-11(10)12(16)15-9-3-1-2-8(6-9)7-20(14,17)18/h1-6H,7H2,(H,15,16)(H2,14,17,18). The summed E-state index contributed by atoms with van der Waals surface area (Å²) in [6, 6.07) is 8.37. The van der Waals surface area contributed by atoms with Crippen molar-refractivity contribution in [2.75, 3.05) is 5.32 Å². The third kappa shape index (κ3) is 4.14. The summed E-state index contributed by atoms with van der Waals surface area (Å²) in [6.45, 7) is 0. The van der Waals surface area contributed by atoms with Crippen LogP contribution < -0.4 is 10.5 Å². The van der Waals surface area contributed by atoms with Crippen molar-refractivity contribution in [3.05, 3.63) is 50.6 Å². The van der Waals surface area contributed by atoms with Gasteiger partial charge in [0.05, 0.1) is 5.75 Å². The number of hydrogen-bond acceptors (Lipinski definition) is 4. The number of amides is 1. The largest absolute Gasteiger partial charge is 0.321 e. The van der Waals surface area contributed by atoms with Gasteiger partial charge in [-0.25, -0.2) is 13.6 Å². The van der Waals surface area contributed by atoms with E-state index in [4.69, 9.17) is 5.14 Å². The molecule has 0 atom stereocenters. The second-order valence-corrected chi connectivity index (χ2v) is 7.44. The van der Waals surface area contributed by atoms with Gasteiger partial charge in [-0.3, -0.25) is 4.79 Å². The number of sulfonamides is 1. The van der Waals surface area contributed by atoms with E-state index in [1.54, 1.807) is 35.7 Å². The van der Waals surface area contributed by atoms with Crippen LogP contribution in [0.5, 0.6) is 0 Å². The minimum Gasteiger partial charge on any atom is -0.321 e. The molecule has 1 aromatic carbocycles. The number of halogens is 1. The lowest BCUT2D eigenvalue weighted by Gasteiger charge is -2.06. The molecule has 2 aromatic rings. The zero-order valence-electron chi connectivity index (χ0n) is 10.2. The molecule has 1 amide bonds. The van der Waals surface area contributed by atoms with Crippen LogP contribution in [0.25, 0.3) is 0 Å². The second-order valence-electron chi connectivity index (χ2n) is 4.06. The number of nitrogens with one attached hydrogen (secondary N) is 1. The molecule has 5 nitrogen and oxygen atoms in total. The van der Waals surface area contributed by atoms with Gasteiger partial charge in [-0.15, -0.1) is 11.3 Å². The molecule has 0 saturated carbocycles. The Morgan fingerprint density at radius 2 is 2.10 bits per heavy atom. The van der Waals surface area contributed by atoms with Crippen LogP contribution in [-0.2, 0) is 15.8 Å². The Morgan fingerprint density at radius 1 is 1.35 bits per heavy atom. The van der Waals surface area contributed by atoms with Crippen molar-refractivity contribution in [3.63, 3.8) is 0 Å². The van der Waals surface area contributed by atoms with E-state index in [-0.39, 0.29) is 11.7 Å². The summed E-state index contributed by atoms with van der Waals surface area (Å²) >= 11 is 4.60. The first-order valence-electron chi connectivity index (χ1n) is 5.49. The molecule has 0 unspecified atom stereocenters. The van der Waals surface area contributed by atoms with E-state index in [1.165, 1.54) is 11.3 Å². The number of carbonyl (C=O) groups excluding carboxylic acids is 1. The maximum absolute atomic E-state index is 12.0. The van der Waals surface area contributed by atoms with E-state index in [0.717, 1.165) is 4.47 Å². The Hall–Kier alpha value is -1.22. The number of anilines is 1. The molecule has 1 aromatic heterocycles. The van der Waals surface area contributed by atoms with E-state index >= 15 is 0 Å². The molecule has 3 N–H and O–H groups in total. The van der Waals surface area contributed by atoms with Crippen molar-refractivity contribution < 1.29 is 13.2 Å². The van der Waals surface area contributed by atoms with Crippen molar-refractivity contribution in [3.8, 4) is 0 Å². The van der Waals surface area contributed by atoms with E-state index < -0.39 is 10.0 Å². The molecule has 106 valence electrons. The molecule has 20 heavy (non-hydrogen) atoms. The molecule has 0 radical (unpaired) electrons. The van der Waals surface area contributed by atoms with Crippen LogP contribution in [-0.4, -0.2) is 14.3 Å². The average molecular weight is 375 g/mol. The van der Waals surface area contributed by atoms with Gasteiger partial charge in [0.1, 0.15) is 4.88 Å². The Labute approximate surface area is 129 Å². The summed E-state index contributed by atoms with van der Waals surface area (Å²) in [4.78, 5) is 12.6. The molecule has 0 fully saturated rings. The van der Waals surface area contributed by atoms with Gasteiger partial charge in [0, 0.05) is 10.2 Å². The molecular formula is C12H11BrN2O3S2. The summed E-state index contributed by atoms with van der Waals surface area (Å²) in [7, 11) is -3.59. The third-order valence-corrected chi connectivity index (χ3v) is 4.95. The fourth-order valence-electron chi connectivity index (χ4n) is 1.61. The summed E-state index contributed by atoms with van der Waals surface area (Å²) in [5, 5.41) is 9.52. The van der Waals surface area contributed by atoms with Crippen molar-refractivity contribution in [1.82, 2.24) is 0 Å². The van der Waals surface area contributed by atoms with Gasteiger partial charge in [-0.1, -0.05) is 12.1 Å². The number of primary sulfonamides is 1. The quantitative estimate of drug-likeness (QED) is 0.861. The molecule has 2 rings (SSSR count). The zero-order chi connectivity index (χ0) is 14.8. The van der Waals surface area contributed by atoms with E-state index in [2.05, 4.69) is 21.2 Å². The van der Waals surface area contributed by atoms with Crippen molar-refractivity contribution in [2.45, 2.75) is 5.75 Å². The first kappa shape index (κ1) is 15.2. The van der Waals surface area contributed by atoms with Gasteiger partial charge in [-0.05, 0) is 45.1 Å². The highest BCUT2D eigenvalue weighted by Gasteiger charge is 2.12. The summed E-state index contributed by atoms with van der Waals surface area (Å²) in [5.74, 6) is -0.515. The van der Waals surface area contributed by atoms with Crippen molar-refractivity contribution in [2.24, 2.45) is 5.14 Å². The average Bonchev–Trinajstić information content (AvgIpc) is 2.73. The minimum atomic E-state index is -3.59.